The SMILES string of the molecule is CC/C=C\C=C(\C#N)Oc1ccccc1I. The van der Waals surface area contributed by atoms with Crippen LogP contribution < -0.4 is 4.74 Å². The third-order valence-electron chi connectivity index (χ3n) is 1.79. The van der Waals surface area contributed by atoms with Gasteiger partial charge in [-0.3, -0.25) is 0 Å². The van der Waals surface area contributed by atoms with Gasteiger partial charge in [-0.1, -0.05) is 31.2 Å². The predicted octanol–water partition coefficient (Wildman–Crippen LogP) is 4.04. The zero-order valence-corrected chi connectivity index (χ0v) is 11.1. The maximum Gasteiger partial charge on any atom is 0.204 e. The van der Waals surface area contributed by atoms with Crippen LogP contribution in [0.5, 0.6) is 5.75 Å². The summed E-state index contributed by atoms with van der Waals surface area (Å²) in [6.07, 6.45) is 6.41. The van der Waals surface area contributed by atoms with E-state index in [-0.39, 0.29) is 0 Å². The monoisotopic (exact) mass is 325 g/mol. The molecule has 1 aromatic rings. The fraction of sp³-hybridized carbons (Fsp3) is 0.154. The number of rotatable bonds is 4. The molecule has 0 saturated carbocycles. The topological polar surface area (TPSA) is 33.0 Å². The van der Waals surface area contributed by atoms with Gasteiger partial charge < -0.3 is 4.74 Å². The van der Waals surface area contributed by atoms with Gasteiger partial charge >= 0.3 is 0 Å². The maximum absolute atomic E-state index is 8.90. The molecule has 0 N–H and O–H groups in total. The molecule has 0 radical (unpaired) electrons. The second-order valence-corrected chi connectivity index (χ2v) is 4.17. The summed E-state index contributed by atoms with van der Waals surface area (Å²) in [7, 11) is 0. The Labute approximate surface area is 109 Å². The molecule has 3 heteroatoms. The predicted molar refractivity (Wildman–Crippen MR) is 72.9 cm³/mol. The van der Waals surface area contributed by atoms with E-state index in [1.807, 2.05) is 49.4 Å². The Balaban J connectivity index is 2.79. The molecule has 2 nitrogen and oxygen atoms in total. The van der Waals surface area contributed by atoms with Gasteiger partial charge in [-0.05, 0) is 47.2 Å². The van der Waals surface area contributed by atoms with Crippen molar-refractivity contribution < 1.29 is 4.74 Å². The molecule has 0 aromatic heterocycles. The van der Waals surface area contributed by atoms with Crippen LogP contribution in [0.1, 0.15) is 13.3 Å². The van der Waals surface area contributed by atoms with Crippen LogP contribution in [0.25, 0.3) is 0 Å². The zero-order chi connectivity index (χ0) is 11.8. The summed E-state index contributed by atoms with van der Waals surface area (Å²) in [6.45, 7) is 2.04. The van der Waals surface area contributed by atoms with E-state index in [9.17, 15) is 0 Å². The molecule has 0 saturated heterocycles. The average molecular weight is 325 g/mol. The Morgan fingerprint density at radius 3 is 2.88 bits per heavy atom. The van der Waals surface area contributed by atoms with Crippen molar-refractivity contribution in [2.24, 2.45) is 0 Å². The molecule has 0 fully saturated rings. The highest BCUT2D eigenvalue weighted by Gasteiger charge is 2.01. The van der Waals surface area contributed by atoms with E-state index >= 15 is 0 Å². The molecule has 0 atom stereocenters. The largest absolute Gasteiger partial charge is 0.445 e. The lowest BCUT2D eigenvalue weighted by molar-refractivity contribution is 0.445. The van der Waals surface area contributed by atoms with E-state index in [1.54, 1.807) is 6.08 Å². The number of nitriles is 1. The summed E-state index contributed by atoms with van der Waals surface area (Å²) in [6, 6.07) is 9.62. The van der Waals surface area contributed by atoms with Crippen LogP contribution in [0, 0.1) is 14.9 Å². The lowest BCUT2D eigenvalue weighted by atomic mass is 10.3. The number of nitrogens with zero attached hydrogens (tertiary/aromatic N) is 1. The quantitative estimate of drug-likeness (QED) is 0.362. The van der Waals surface area contributed by atoms with Gasteiger partial charge in [-0.2, -0.15) is 5.26 Å². The van der Waals surface area contributed by atoms with Gasteiger partial charge in [0.2, 0.25) is 5.76 Å². The summed E-state index contributed by atoms with van der Waals surface area (Å²) in [5.41, 5.74) is 0. The summed E-state index contributed by atoms with van der Waals surface area (Å²) in [4.78, 5) is 0. The van der Waals surface area contributed by atoms with Crippen molar-refractivity contribution in [2.75, 3.05) is 0 Å². The second kappa shape index (κ2) is 7.07. The Bertz CT molecular complexity index is 443. The van der Waals surface area contributed by atoms with Crippen LogP contribution >= 0.6 is 22.6 Å². The summed E-state index contributed by atoms with van der Waals surface area (Å²) in [5.74, 6) is 1.01. The third kappa shape index (κ3) is 4.07. The normalized spacial score (nSPS) is 11.4. The number of hydrogen-bond donors (Lipinski definition) is 0. The van der Waals surface area contributed by atoms with Crippen molar-refractivity contribution in [1.29, 1.82) is 5.26 Å². The van der Waals surface area contributed by atoms with Crippen molar-refractivity contribution in [2.45, 2.75) is 13.3 Å². The van der Waals surface area contributed by atoms with Crippen molar-refractivity contribution in [3.8, 4) is 11.8 Å². The highest BCUT2D eigenvalue weighted by atomic mass is 127. The first-order valence-corrected chi connectivity index (χ1v) is 6.05. The molecular formula is C13H12INO. The van der Waals surface area contributed by atoms with Crippen molar-refractivity contribution in [3.63, 3.8) is 0 Å². The molecule has 0 aliphatic rings. The van der Waals surface area contributed by atoms with Gasteiger partial charge in [-0.25, -0.2) is 0 Å². The third-order valence-corrected chi connectivity index (χ3v) is 2.68. The molecule has 82 valence electrons. The fourth-order valence-electron chi connectivity index (χ4n) is 1.03. The highest BCUT2D eigenvalue weighted by Crippen LogP contribution is 2.21. The molecule has 0 spiro atoms. The van der Waals surface area contributed by atoms with Gasteiger partial charge in [0.25, 0.3) is 0 Å². The minimum atomic E-state index is 0.300. The van der Waals surface area contributed by atoms with Crippen molar-refractivity contribution >= 4 is 22.6 Å². The van der Waals surface area contributed by atoms with Crippen LogP contribution in [0.3, 0.4) is 0 Å². The molecule has 0 bridgehead atoms. The second-order valence-electron chi connectivity index (χ2n) is 3.01. The molecule has 0 unspecified atom stereocenters. The van der Waals surface area contributed by atoms with E-state index in [2.05, 4.69) is 22.6 Å². The Hall–Kier alpha value is -1.28. The van der Waals surface area contributed by atoms with E-state index in [1.165, 1.54) is 0 Å². The standard InChI is InChI=1S/C13H12INO/c1-2-3-4-7-11(10-15)16-13-9-6-5-8-12(13)14/h3-9H,2H2,1H3/b4-3-,11-7-. The van der Waals surface area contributed by atoms with Crippen LogP contribution in [0.15, 0.2) is 48.3 Å². The first kappa shape index (κ1) is 12.8. The van der Waals surface area contributed by atoms with Crippen LogP contribution in [0.2, 0.25) is 0 Å². The Morgan fingerprint density at radius 2 is 2.25 bits per heavy atom. The van der Waals surface area contributed by atoms with Crippen LogP contribution in [-0.2, 0) is 0 Å². The number of hydrogen-bond acceptors (Lipinski definition) is 2. The summed E-state index contributed by atoms with van der Waals surface area (Å²) in [5, 5.41) is 8.90. The minimum Gasteiger partial charge on any atom is -0.445 e. The van der Waals surface area contributed by atoms with E-state index in [4.69, 9.17) is 10.00 Å². The molecule has 1 aromatic carbocycles. The zero-order valence-electron chi connectivity index (χ0n) is 8.98. The number of halogens is 1. The first-order valence-electron chi connectivity index (χ1n) is 4.97. The Morgan fingerprint density at radius 1 is 1.50 bits per heavy atom. The summed E-state index contributed by atoms with van der Waals surface area (Å²) >= 11 is 2.18. The smallest absolute Gasteiger partial charge is 0.204 e. The van der Waals surface area contributed by atoms with E-state index < -0.39 is 0 Å². The summed E-state index contributed by atoms with van der Waals surface area (Å²) < 4.78 is 6.47. The Kier molecular flexibility index (Phi) is 5.65. The lowest BCUT2D eigenvalue weighted by Gasteiger charge is -2.04. The molecule has 1 rings (SSSR count). The van der Waals surface area contributed by atoms with Gasteiger partial charge in [0.05, 0.1) is 3.57 Å². The number of para-hydroxylation sites is 1. The van der Waals surface area contributed by atoms with Crippen LogP contribution in [-0.4, -0.2) is 0 Å². The van der Waals surface area contributed by atoms with E-state index in [0.29, 0.717) is 11.5 Å². The molecule has 16 heavy (non-hydrogen) atoms. The van der Waals surface area contributed by atoms with Crippen molar-refractivity contribution in [1.82, 2.24) is 0 Å². The van der Waals surface area contributed by atoms with Gasteiger partial charge in [0, 0.05) is 0 Å². The molecule has 0 aliphatic carbocycles. The van der Waals surface area contributed by atoms with Crippen molar-refractivity contribution in [3.05, 3.63) is 51.8 Å². The highest BCUT2D eigenvalue weighted by molar-refractivity contribution is 14.1. The number of allylic oxidation sites excluding steroid dienone is 4. The number of benzene rings is 1. The minimum absolute atomic E-state index is 0.300. The van der Waals surface area contributed by atoms with E-state index in [0.717, 1.165) is 9.99 Å². The van der Waals surface area contributed by atoms with Crippen LogP contribution in [0.4, 0.5) is 0 Å². The maximum atomic E-state index is 8.90. The molecular weight excluding hydrogens is 313 g/mol. The molecule has 0 heterocycles. The van der Waals surface area contributed by atoms with Gasteiger partial charge in [-0.15, -0.1) is 0 Å². The van der Waals surface area contributed by atoms with Gasteiger partial charge in [0.1, 0.15) is 11.8 Å². The number of ether oxygens (including phenoxy) is 1. The molecule has 0 amide bonds. The lowest BCUT2D eigenvalue weighted by Crippen LogP contribution is -1.93. The average Bonchev–Trinajstić information content (AvgIpc) is 2.30. The first-order chi connectivity index (χ1) is 7.77. The fourth-order valence-corrected chi connectivity index (χ4v) is 1.53. The van der Waals surface area contributed by atoms with Gasteiger partial charge in [0.15, 0.2) is 0 Å². The molecule has 0 aliphatic heterocycles.